The van der Waals surface area contributed by atoms with E-state index in [2.05, 4.69) is 105 Å². The fourth-order valence-corrected chi connectivity index (χ4v) is 5.49. The van der Waals surface area contributed by atoms with Crippen molar-refractivity contribution in [1.82, 2.24) is 0 Å². The molecule has 0 heterocycles. The monoisotopic (exact) mass is 536 g/mol. The Kier molecular flexibility index (Phi) is 13.5. The van der Waals surface area contributed by atoms with E-state index in [4.69, 9.17) is 0 Å². The van der Waals surface area contributed by atoms with Crippen LogP contribution in [0.15, 0.2) is 106 Å². The van der Waals surface area contributed by atoms with Crippen molar-refractivity contribution in [2.45, 2.75) is 65.6 Å². The average Bonchev–Trinajstić information content (AvgIpc) is 2.90. The zero-order valence-electron chi connectivity index (χ0n) is 20.2. The number of unbranched alkanes of at least 4 members (excludes halogenated alkanes) is 2. The Labute approximate surface area is 218 Å². The summed E-state index contributed by atoms with van der Waals surface area (Å²) in [5, 5.41) is 8.15. The highest BCUT2D eigenvalue weighted by Crippen LogP contribution is 2.32. The number of hydrogen-bond acceptors (Lipinski definition) is 6. The second kappa shape index (κ2) is 16.3. The number of carbonyl (C=O) groups is 1. The molecule has 0 spiro atoms. The second-order valence-electron chi connectivity index (χ2n) is 7.69. The van der Waals surface area contributed by atoms with Crippen LogP contribution in [0.3, 0.4) is 0 Å². The molecule has 0 bridgehead atoms. The number of alkyl halides is 2. The van der Waals surface area contributed by atoms with E-state index in [1.54, 1.807) is 0 Å². The van der Waals surface area contributed by atoms with Crippen LogP contribution in [0.2, 0.25) is 0 Å². The number of hydrogen-bond donors (Lipinski definition) is 0. The van der Waals surface area contributed by atoms with Crippen molar-refractivity contribution in [1.29, 1.82) is 0 Å². The van der Waals surface area contributed by atoms with E-state index < -0.39 is 29.4 Å². The van der Waals surface area contributed by atoms with Gasteiger partial charge >= 0.3 is 11.2 Å². The van der Waals surface area contributed by atoms with Crippen LogP contribution in [0.4, 0.5) is 8.78 Å². The Balaban J connectivity index is 0.000000256. The minimum Gasteiger partial charge on any atom is -0.691 e. The lowest BCUT2D eigenvalue weighted by atomic mass is 10.1. The van der Waals surface area contributed by atoms with Gasteiger partial charge in [-0.25, -0.2) is 4.79 Å². The van der Waals surface area contributed by atoms with Crippen LogP contribution in [0.5, 0.6) is 0 Å². The third-order valence-corrected chi connectivity index (χ3v) is 7.59. The predicted molar refractivity (Wildman–Crippen MR) is 136 cm³/mol. The molecular weight excluding hydrogens is 506 g/mol. The SMILES string of the molecule is CCCCCC(C)OC(=O)C(F)(F)SOO[O-].c1ccc([S+](c2ccccc2)c2ccccc2)cc1. The summed E-state index contributed by atoms with van der Waals surface area (Å²) in [5.41, 5.74) is 0. The zero-order chi connectivity index (χ0) is 26.2. The number of esters is 1. The van der Waals surface area contributed by atoms with E-state index in [9.17, 15) is 18.8 Å². The molecule has 0 aliphatic carbocycles. The molecule has 0 N–H and O–H groups in total. The molecule has 0 aliphatic rings. The van der Waals surface area contributed by atoms with Crippen molar-refractivity contribution >= 4 is 28.9 Å². The van der Waals surface area contributed by atoms with Gasteiger partial charge in [-0.15, -0.1) is 0 Å². The van der Waals surface area contributed by atoms with Crippen LogP contribution in [0.25, 0.3) is 0 Å². The first-order valence-corrected chi connectivity index (χ1v) is 13.5. The summed E-state index contributed by atoms with van der Waals surface area (Å²) in [6.07, 6.45) is 2.64. The second-order valence-corrected chi connectivity index (χ2v) is 10.5. The summed E-state index contributed by atoms with van der Waals surface area (Å²) < 4.78 is 33.7. The molecule has 0 aromatic heterocycles. The van der Waals surface area contributed by atoms with Crippen LogP contribution in [-0.4, -0.2) is 17.3 Å². The van der Waals surface area contributed by atoms with Gasteiger partial charge < -0.3 is 9.99 Å². The molecule has 194 valence electrons. The van der Waals surface area contributed by atoms with Crippen molar-refractivity contribution in [3.8, 4) is 0 Å². The zero-order valence-corrected chi connectivity index (χ0v) is 21.8. The first-order chi connectivity index (χ1) is 17.4. The van der Waals surface area contributed by atoms with Crippen molar-refractivity contribution in [2.24, 2.45) is 0 Å². The summed E-state index contributed by atoms with van der Waals surface area (Å²) >= 11 is -0.685. The van der Waals surface area contributed by atoms with Crippen LogP contribution in [0.1, 0.15) is 39.5 Å². The Morgan fingerprint density at radius 3 is 1.72 bits per heavy atom. The first kappa shape index (κ1) is 29.8. The van der Waals surface area contributed by atoms with Gasteiger partial charge in [0, 0.05) is 0 Å². The van der Waals surface area contributed by atoms with Gasteiger partial charge in [-0.1, -0.05) is 74.4 Å². The lowest BCUT2D eigenvalue weighted by Crippen LogP contribution is -2.31. The normalized spacial score (nSPS) is 11.9. The smallest absolute Gasteiger partial charge is 0.415 e. The molecule has 0 amide bonds. The Bertz CT molecular complexity index is 901. The lowest BCUT2D eigenvalue weighted by molar-refractivity contribution is -0.777. The van der Waals surface area contributed by atoms with E-state index in [0.29, 0.717) is 6.42 Å². The van der Waals surface area contributed by atoms with Gasteiger partial charge in [0.25, 0.3) is 0 Å². The molecule has 1 atom stereocenters. The van der Waals surface area contributed by atoms with E-state index >= 15 is 0 Å². The molecule has 0 saturated heterocycles. The van der Waals surface area contributed by atoms with Crippen LogP contribution in [0, 0.1) is 0 Å². The quantitative estimate of drug-likeness (QED) is 0.0637. The fourth-order valence-electron chi connectivity index (χ4n) is 3.16. The van der Waals surface area contributed by atoms with Crippen LogP contribution >= 0.6 is 12.0 Å². The predicted octanol–water partition coefficient (Wildman–Crippen LogP) is 6.74. The van der Waals surface area contributed by atoms with Crippen LogP contribution < -0.4 is 5.26 Å². The van der Waals surface area contributed by atoms with Gasteiger partial charge in [0.1, 0.15) is 12.0 Å². The number of rotatable bonds is 12. The molecule has 0 aliphatic heterocycles. The summed E-state index contributed by atoms with van der Waals surface area (Å²) in [6.45, 7) is 3.53. The first-order valence-electron chi connectivity index (χ1n) is 11.5. The maximum absolute atomic E-state index is 12.9. The van der Waals surface area contributed by atoms with E-state index in [-0.39, 0.29) is 10.9 Å². The van der Waals surface area contributed by atoms with E-state index in [1.165, 1.54) is 21.6 Å². The van der Waals surface area contributed by atoms with E-state index in [0.717, 1.165) is 19.3 Å². The maximum atomic E-state index is 12.9. The summed E-state index contributed by atoms with van der Waals surface area (Å²) in [4.78, 5) is 15.1. The molecule has 0 fully saturated rings. The topological polar surface area (TPSA) is 67.8 Å². The van der Waals surface area contributed by atoms with Gasteiger partial charge in [0.05, 0.1) is 17.0 Å². The molecule has 0 saturated carbocycles. The molecule has 3 aromatic carbocycles. The molecule has 9 heteroatoms. The molecule has 3 aromatic rings. The molecule has 3 rings (SSSR count). The Morgan fingerprint density at radius 2 is 1.33 bits per heavy atom. The highest BCUT2D eigenvalue weighted by molar-refractivity contribution is 7.97. The third kappa shape index (κ3) is 10.3. The van der Waals surface area contributed by atoms with Crippen molar-refractivity contribution in [3.63, 3.8) is 0 Å². The van der Waals surface area contributed by atoms with Crippen molar-refractivity contribution in [2.75, 3.05) is 0 Å². The number of benzene rings is 3. The van der Waals surface area contributed by atoms with Gasteiger partial charge in [-0.3, -0.25) is 5.04 Å². The summed E-state index contributed by atoms with van der Waals surface area (Å²) in [7, 11) is -0.0146. The van der Waals surface area contributed by atoms with Crippen molar-refractivity contribution in [3.05, 3.63) is 91.0 Å². The Hall–Kier alpha value is -2.43. The number of ether oxygens (including phenoxy) is 1. The number of carbonyl (C=O) groups excluding carboxylic acids is 1. The van der Waals surface area contributed by atoms with Crippen LogP contribution in [-0.2, 0) is 29.8 Å². The third-order valence-electron chi connectivity index (χ3n) is 4.86. The highest BCUT2D eigenvalue weighted by Gasteiger charge is 2.44. The minimum atomic E-state index is -3.95. The molecule has 1 unspecified atom stereocenters. The van der Waals surface area contributed by atoms with Gasteiger partial charge in [0.15, 0.2) is 14.7 Å². The standard InChI is InChI=1S/C18H15S.C9H16F2O5S/c1-4-10-16(11-5-1)19(17-12-6-2-7-13-17)18-14-8-3-9-15-18;1-3-4-5-6-7(2)14-8(12)9(10,11)17-16-15-13/h1-15H;7,13H,3-6H2,1-2H3/q+1;/p-1. The fraction of sp³-hybridized carbons (Fsp3) is 0.296. The van der Waals surface area contributed by atoms with Gasteiger partial charge in [-0.2, -0.15) is 13.1 Å². The summed E-state index contributed by atoms with van der Waals surface area (Å²) in [6, 6.07) is 32.2. The highest BCUT2D eigenvalue weighted by atomic mass is 32.2. The average molecular weight is 537 g/mol. The molecule has 5 nitrogen and oxygen atoms in total. The molecule has 36 heavy (non-hydrogen) atoms. The van der Waals surface area contributed by atoms with E-state index in [1.807, 2.05) is 6.92 Å². The minimum absolute atomic E-state index is 0.0146. The van der Waals surface area contributed by atoms with Gasteiger partial charge in [-0.05, 0) is 56.2 Å². The van der Waals surface area contributed by atoms with Gasteiger partial charge in [0.2, 0.25) is 0 Å². The maximum Gasteiger partial charge on any atom is 0.415 e. The summed E-state index contributed by atoms with van der Waals surface area (Å²) in [5.74, 6) is -1.75. The van der Waals surface area contributed by atoms with Crippen molar-refractivity contribution < 1.29 is 32.9 Å². The lowest BCUT2D eigenvalue weighted by Gasteiger charge is -2.17. The molecular formula is C27H30F2O5S2. The number of halogens is 2. The Morgan fingerprint density at radius 1 is 0.889 bits per heavy atom. The molecule has 0 radical (unpaired) electrons. The largest absolute Gasteiger partial charge is 0.691 e.